The topological polar surface area (TPSA) is 110 Å². The lowest BCUT2D eigenvalue weighted by atomic mass is 10.2. The van der Waals surface area contributed by atoms with E-state index in [9.17, 15) is 14.0 Å². The standard InChI is InChI=1S/C15H14FN3O5S/c16-6-7-24-19-12(13(20)21)11-9-25-14(17-11)18-15(22)23-8-10-4-2-1-3-5-10/h1-5,9H,6-8H2,(H,20,21)(H,17,18,22)/b19-12-. The summed E-state index contributed by atoms with van der Waals surface area (Å²) in [4.78, 5) is 31.3. The molecular weight excluding hydrogens is 353 g/mol. The summed E-state index contributed by atoms with van der Waals surface area (Å²) < 4.78 is 17.0. The van der Waals surface area contributed by atoms with Gasteiger partial charge in [-0.3, -0.25) is 5.32 Å². The van der Waals surface area contributed by atoms with E-state index in [1.54, 1.807) is 0 Å². The van der Waals surface area contributed by atoms with Crippen LogP contribution >= 0.6 is 11.3 Å². The summed E-state index contributed by atoms with van der Waals surface area (Å²) in [6.07, 6.45) is -0.729. The second-order valence-electron chi connectivity index (χ2n) is 4.49. The van der Waals surface area contributed by atoms with Crippen molar-refractivity contribution in [3.63, 3.8) is 0 Å². The summed E-state index contributed by atoms with van der Waals surface area (Å²) in [5.41, 5.74) is 0.313. The quantitative estimate of drug-likeness (QED) is 0.422. The van der Waals surface area contributed by atoms with Crippen molar-refractivity contribution in [3.05, 3.63) is 47.0 Å². The fourth-order valence-corrected chi connectivity index (χ4v) is 2.31. The molecule has 2 rings (SSSR count). The number of carbonyl (C=O) groups is 2. The van der Waals surface area contributed by atoms with E-state index in [4.69, 9.17) is 9.84 Å². The lowest BCUT2D eigenvalue weighted by molar-refractivity contribution is -0.129. The number of hydrogen-bond donors (Lipinski definition) is 2. The van der Waals surface area contributed by atoms with Gasteiger partial charge < -0.3 is 14.7 Å². The van der Waals surface area contributed by atoms with Crippen molar-refractivity contribution in [2.45, 2.75) is 6.61 Å². The lowest BCUT2D eigenvalue weighted by Crippen LogP contribution is -2.17. The van der Waals surface area contributed by atoms with Crippen LogP contribution in [0.2, 0.25) is 0 Å². The number of aromatic nitrogens is 1. The number of anilines is 1. The van der Waals surface area contributed by atoms with Crippen LogP contribution < -0.4 is 5.32 Å². The maximum atomic E-state index is 12.0. The van der Waals surface area contributed by atoms with E-state index in [2.05, 4.69) is 20.3 Å². The van der Waals surface area contributed by atoms with Crippen LogP contribution in [0, 0.1) is 0 Å². The molecule has 0 aliphatic heterocycles. The van der Waals surface area contributed by atoms with E-state index in [1.165, 1.54) is 5.38 Å². The zero-order chi connectivity index (χ0) is 18.1. The molecule has 0 saturated heterocycles. The highest BCUT2D eigenvalue weighted by molar-refractivity contribution is 7.14. The van der Waals surface area contributed by atoms with Crippen LogP contribution in [0.5, 0.6) is 0 Å². The number of nitrogens with zero attached hydrogens (tertiary/aromatic N) is 2. The summed E-state index contributed by atoms with van der Waals surface area (Å²) in [5.74, 6) is -1.39. The van der Waals surface area contributed by atoms with Gasteiger partial charge in [0.2, 0.25) is 5.71 Å². The number of benzene rings is 1. The van der Waals surface area contributed by atoms with Crippen molar-refractivity contribution >= 4 is 34.2 Å². The number of amides is 1. The van der Waals surface area contributed by atoms with E-state index in [0.29, 0.717) is 0 Å². The van der Waals surface area contributed by atoms with Gasteiger partial charge in [-0.25, -0.2) is 19.0 Å². The Labute approximate surface area is 145 Å². The zero-order valence-electron chi connectivity index (χ0n) is 12.8. The van der Waals surface area contributed by atoms with E-state index in [1.807, 2.05) is 30.3 Å². The predicted molar refractivity (Wildman–Crippen MR) is 88.5 cm³/mol. The zero-order valence-corrected chi connectivity index (χ0v) is 13.7. The molecule has 1 aromatic carbocycles. The maximum Gasteiger partial charge on any atom is 0.413 e. The second-order valence-corrected chi connectivity index (χ2v) is 5.35. The fourth-order valence-electron chi connectivity index (χ4n) is 1.63. The highest BCUT2D eigenvalue weighted by atomic mass is 32.1. The molecule has 8 nitrogen and oxygen atoms in total. The number of oxime groups is 1. The second kappa shape index (κ2) is 9.33. The third-order valence-corrected chi connectivity index (χ3v) is 3.45. The van der Waals surface area contributed by atoms with Crippen LogP contribution in [0.1, 0.15) is 11.3 Å². The molecule has 0 fully saturated rings. The highest BCUT2D eigenvalue weighted by Crippen LogP contribution is 2.17. The Kier molecular flexibility index (Phi) is 6.84. The Morgan fingerprint density at radius 2 is 2.08 bits per heavy atom. The van der Waals surface area contributed by atoms with Gasteiger partial charge in [-0.15, -0.1) is 11.3 Å². The number of carboxylic acid groups (broad SMARTS) is 1. The number of aliphatic carboxylic acids is 1. The van der Waals surface area contributed by atoms with E-state index in [0.717, 1.165) is 16.9 Å². The molecule has 0 saturated carbocycles. The molecule has 2 N–H and O–H groups in total. The normalized spacial score (nSPS) is 11.0. The van der Waals surface area contributed by atoms with Gasteiger partial charge in [0.15, 0.2) is 5.13 Å². The molecule has 25 heavy (non-hydrogen) atoms. The number of nitrogens with one attached hydrogen (secondary N) is 1. The van der Waals surface area contributed by atoms with Crippen molar-refractivity contribution in [1.82, 2.24) is 4.98 Å². The number of thiazole rings is 1. The van der Waals surface area contributed by atoms with Gasteiger partial charge in [-0.05, 0) is 5.56 Å². The molecule has 1 amide bonds. The molecule has 0 radical (unpaired) electrons. The first-order valence-electron chi connectivity index (χ1n) is 7.03. The fraction of sp³-hybridized carbons (Fsp3) is 0.200. The van der Waals surface area contributed by atoms with Gasteiger partial charge in [-0.1, -0.05) is 35.5 Å². The van der Waals surface area contributed by atoms with Crippen molar-refractivity contribution in [2.24, 2.45) is 5.16 Å². The Morgan fingerprint density at radius 3 is 2.76 bits per heavy atom. The van der Waals surface area contributed by atoms with Gasteiger partial charge in [0.25, 0.3) is 0 Å². The van der Waals surface area contributed by atoms with Crippen LogP contribution in [0.3, 0.4) is 0 Å². The third kappa shape index (κ3) is 5.84. The Balaban J connectivity index is 1.94. The first-order chi connectivity index (χ1) is 12.1. The van der Waals surface area contributed by atoms with Crippen molar-refractivity contribution in [3.8, 4) is 0 Å². The molecule has 132 valence electrons. The summed E-state index contributed by atoms with van der Waals surface area (Å²) in [5, 5.41) is 16.3. The number of carbonyl (C=O) groups excluding carboxylic acids is 1. The smallest absolute Gasteiger partial charge is 0.413 e. The molecule has 10 heteroatoms. The number of hydrogen-bond acceptors (Lipinski definition) is 7. The number of halogens is 1. The SMILES string of the molecule is O=C(Nc1nc(/C(=N/OCCF)C(=O)O)cs1)OCc1ccccc1. The van der Waals surface area contributed by atoms with Crippen LogP contribution in [0.15, 0.2) is 40.9 Å². The molecule has 0 atom stereocenters. The van der Waals surface area contributed by atoms with Gasteiger partial charge in [-0.2, -0.15) is 0 Å². The molecule has 0 unspecified atom stereocenters. The maximum absolute atomic E-state index is 12.0. The molecule has 0 spiro atoms. The number of ether oxygens (including phenoxy) is 1. The number of carboxylic acids is 1. The lowest BCUT2D eigenvalue weighted by Gasteiger charge is -2.04. The van der Waals surface area contributed by atoms with Crippen LogP contribution in [0.25, 0.3) is 0 Å². The van der Waals surface area contributed by atoms with Gasteiger partial charge >= 0.3 is 12.1 Å². The monoisotopic (exact) mass is 367 g/mol. The highest BCUT2D eigenvalue weighted by Gasteiger charge is 2.18. The van der Waals surface area contributed by atoms with Gasteiger partial charge in [0.1, 0.15) is 25.6 Å². The van der Waals surface area contributed by atoms with Crippen LogP contribution in [-0.2, 0) is 21.0 Å². The summed E-state index contributed by atoms with van der Waals surface area (Å²) in [7, 11) is 0. The van der Waals surface area contributed by atoms with Gasteiger partial charge in [0.05, 0.1) is 0 Å². The first kappa shape index (κ1) is 18.3. The third-order valence-electron chi connectivity index (χ3n) is 2.70. The minimum Gasteiger partial charge on any atom is -0.476 e. The molecule has 1 heterocycles. The van der Waals surface area contributed by atoms with Crippen molar-refractivity contribution in [1.29, 1.82) is 0 Å². The minimum atomic E-state index is -1.39. The van der Waals surface area contributed by atoms with Crippen LogP contribution in [0.4, 0.5) is 14.3 Å². The average molecular weight is 367 g/mol. The molecule has 0 aliphatic rings. The largest absolute Gasteiger partial charge is 0.476 e. The first-order valence-corrected chi connectivity index (χ1v) is 7.91. The number of alkyl halides is 1. The van der Waals surface area contributed by atoms with Gasteiger partial charge in [0, 0.05) is 5.38 Å². The van der Waals surface area contributed by atoms with Crippen molar-refractivity contribution < 1.29 is 28.7 Å². The Bertz CT molecular complexity index is 751. The summed E-state index contributed by atoms with van der Waals surface area (Å²) in [6.45, 7) is -1.07. The average Bonchev–Trinajstić information content (AvgIpc) is 3.05. The van der Waals surface area contributed by atoms with Crippen LogP contribution in [-0.4, -0.2) is 41.1 Å². The Morgan fingerprint density at radius 1 is 1.32 bits per heavy atom. The number of rotatable bonds is 8. The molecule has 0 bridgehead atoms. The summed E-state index contributed by atoms with van der Waals surface area (Å²) in [6, 6.07) is 9.10. The predicted octanol–water partition coefficient (Wildman–Crippen LogP) is 2.67. The summed E-state index contributed by atoms with van der Waals surface area (Å²) >= 11 is 0.988. The molecule has 0 aliphatic carbocycles. The molecule has 2 aromatic rings. The van der Waals surface area contributed by atoms with E-state index >= 15 is 0 Å². The molecule has 1 aromatic heterocycles. The van der Waals surface area contributed by atoms with Crippen molar-refractivity contribution in [2.75, 3.05) is 18.6 Å². The molecular formula is C15H14FN3O5S. The van der Waals surface area contributed by atoms with E-state index < -0.39 is 24.4 Å². The Hall–Kier alpha value is -3.01. The minimum absolute atomic E-state index is 0.0188. The van der Waals surface area contributed by atoms with E-state index in [-0.39, 0.29) is 24.0 Å².